The van der Waals surface area contributed by atoms with Crippen molar-refractivity contribution in [3.63, 3.8) is 0 Å². The van der Waals surface area contributed by atoms with E-state index in [9.17, 15) is 17.6 Å². The van der Waals surface area contributed by atoms with E-state index in [0.29, 0.717) is 18.8 Å². The number of halogens is 4. The summed E-state index contributed by atoms with van der Waals surface area (Å²) in [5.41, 5.74) is -1.71. The van der Waals surface area contributed by atoms with Crippen molar-refractivity contribution in [2.24, 2.45) is 5.92 Å². The highest BCUT2D eigenvalue weighted by atomic mass is 19.2. The second-order valence-corrected chi connectivity index (χ2v) is 6.37. The second-order valence-electron chi connectivity index (χ2n) is 6.37. The third-order valence-electron chi connectivity index (χ3n) is 4.88. The Morgan fingerprint density at radius 1 is 0.913 bits per heavy atom. The van der Waals surface area contributed by atoms with Crippen molar-refractivity contribution in [1.29, 1.82) is 5.26 Å². The molecule has 1 saturated carbocycles. The fraction of sp³-hybridized carbons (Fsp3) is 0.611. The van der Waals surface area contributed by atoms with Gasteiger partial charge in [0, 0.05) is 5.56 Å². The van der Waals surface area contributed by atoms with E-state index in [0.717, 1.165) is 32.1 Å². The van der Waals surface area contributed by atoms with Gasteiger partial charge in [-0.25, -0.2) is 17.6 Å². The summed E-state index contributed by atoms with van der Waals surface area (Å²) in [6, 6.07) is 1.18. The van der Waals surface area contributed by atoms with Gasteiger partial charge < -0.3 is 0 Å². The lowest BCUT2D eigenvalue weighted by Gasteiger charge is -2.29. The lowest BCUT2D eigenvalue weighted by atomic mass is 9.76. The van der Waals surface area contributed by atoms with Crippen molar-refractivity contribution < 1.29 is 17.6 Å². The van der Waals surface area contributed by atoms with Crippen LogP contribution in [-0.4, -0.2) is 0 Å². The van der Waals surface area contributed by atoms with E-state index in [1.807, 2.05) is 0 Å². The minimum atomic E-state index is -1.58. The lowest BCUT2D eigenvalue weighted by Crippen LogP contribution is -2.18. The fourth-order valence-corrected chi connectivity index (χ4v) is 3.53. The molecule has 2 rings (SSSR count). The zero-order valence-corrected chi connectivity index (χ0v) is 13.3. The topological polar surface area (TPSA) is 23.8 Å². The molecule has 0 N–H and O–H groups in total. The molecule has 0 unspecified atom stereocenters. The highest BCUT2D eigenvalue weighted by Gasteiger charge is 2.32. The first kappa shape index (κ1) is 17.8. The quantitative estimate of drug-likeness (QED) is 0.371. The Morgan fingerprint density at radius 3 is 1.96 bits per heavy atom. The lowest BCUT2D eigenvalue weighted by molar-refractivity contribution is 0.290. The third-order valence-corrected chi connectivity index (χ3v) is 4.88. The predicted molar refractivity (Wildman–Crippen MR) is 79.8 cm³/mol. The van der Waals surface area contributed by atoms with Gasteiger partial charge in [0.05, 0.1) is 0 Å². The van der Waals surface area contributed by atoms with Crippen molar-refractivity contribution >= 4 is 0 Å². The maximum Gasteiger partial charge on any atom is 0.180 e. The SMILES string of the molecule is CCCCCC1CCC(c2c(F)c(F)c(C#N)c(F)c2F)CC1. The molecule has 126 valence electrons. The Hall–Kier alpha value is -1.57. The normalized spacial score (nSPS) is 21.2. The highest BCUT2D eigenvalue weighted by Crippen LogP contribution is 2.41. The van der Waals surface area contributed by atoms with Crippen LogP contribution in [0.1, 0.15) is 75.3 Å². The summed E-state index contributed by atoms with van der Waals surface area (Å²) in [4.78, 5) is 0. The fourth-order valence-electron chi connectivity index (χ4n) is 3.53. The summed E-state index contributed by atoms with van der Waals surface area (Å²) >= 11 is 0. The van der Waals surface area contributed by atoms with Crippen LogP contribution in [0.5, 0.6) is 0 Å². The van der Waals surface area contributed by atoms with E-state index >= 15 is 0 Å². The van der Waals surface area contributed by atoms with E-state index in [1.165, 1.54) is 12.5 Å². The third kappa shape index (κ3) is 3.68. The minimum absolute atomic E-state index is 0.519. The largest absolute Gasteiger partial charge is 0.203 e. The molecule has 1 aliphatic rings. The molecule has 1 aromatic carbocycles. The maximum atomic E-state index is 14.1. The van der Waals surface area contributed by atoms with Crippen molar-refractivity contribution in [2.45, 2.75) is 64.2 Å². The molecule has 0 bridgehead atoms. The van der Waals surface area contributed by atoms with Gasteiger partial charge in [-0.05, 0) is 37.5 Å². The van der Waals surface area contributed by atoms with Crippen LogP contribution in [0.3, 0.4) is 0 Å². The van der Waals surface area contributed by atoms with Crippen LogP contribution >= 0.6 is 0 Å². The number of unbranched alkanes of at least 4 members (excludes halogenated alkanes) is 2. The predicted octanol–water partition coefficient (Wildman–Crippen LogP) is 5.97. The molecule has 1 fully saturated rings. The van der Waals surface area contributed by atoms with Gasteiger partial charge in [0.2, 0.25) is 0 Å². The van der Waals surface area contributed by atoms with Crippen LogP contribution in [0.4, 0.5) is 17.6 Å². The number of hydrogen-bond donors (Lipinski definition) is 0. The standard InChI is InChI=1S/C18H21F4N/c1-2-3-4-5-11-6-8-12(9-7-11)14-17(21)15(19)13(10-23)16(20)18(14)22/h11-12H,2-9H2,1H3. The molecule has 0 aliphatic heterocycles. The molecular weight excluding hydrogens is 306 g/mol. The van der Waals surface area contributed by atoms with E-state index in [4.69, 9.17) is 5.26 Å². The molecule has 1 aliphatic carbocycles. The van der Waals surface area contributed by atoms with Crippen LogP contribution in [0, 0.1) is 40.5 Å². The Bertz CT molecular complexity index is 569. The summed E-state index contributed by atoms with van der Waals surface area (Å²) in [5.74, 6) is -5.96. The monoisotopic (exact) mass is 327 g/mol. The molecule has 0 radical (unpaired) electrons. The van der Waals surface area contributed by atoms with Crippen molar-refractivity contribution in [2.75, 3.05) is 0 Å². The molecule has 0 spiro atoms. The Balaban J connectivity index is 2.14. The number of nitrogens with zero attached hydrogens (tertiary/aromatic N) is 1. The molecule has 0 atom stereocenters. The number of benzene rings is 1. The van der Waals surface area contributed by atoms with Gasteiger partial charge in [-0.15, -0.1) is 0 Å². The van der Waals surface area contributed by atoms with Gasteiger partial charge in [0.1, 0.15) is 11.6 Å². The van der Waals surface area contributed by atoms with Crippen LogP contribution in [0.15, 0.2) is 0 Å². The van der Waals surface area contributed by atoms with Gasteiger partial charge in [-0.1, -0.05) is 32.6 Å². The highest BCUT2D eigenvalue weighted by molar-refractivity contribution is 5.39. The molecule has 1 nitrogen and oxygen atoms in total. The molecular formula is C18H21F4N. The molecule has 23 heavy (non-hydrogen) atoms. The molecule has 0 aromatic heterocycles. The average molecular weight is 327 g/mol. The smallest absolute Gasteiger partial charge is 0.180 e. The first-order valence-electron chi connectivity index (χ1n) is 8.27. The summed E-state index contributed by atoms with van der Waals surface area (Å²) in [5, 5.41) is 8.62. The van der Waals surface area contributed by atoms with Gasteiger partial charge in [-0.3, -0.25) is 0 Å². The maximum absolute atomic E-state index is 14.1. The molecule has 0 amide bonds. The van der Waals surface area contributed by atoms with Gasteiger partial charge >= 0.3 is 0 Å². The van der Waals surface area contributed by atoms with E-state index in [2.05, 4.69) is 6.92 Å². The Kier molecular flexibility index (Phi) is 6.04. The van der Waals surface area contributed by atoms with Crippen LogP contribution in [0.2, 0.25) is 0 Å². The Labute approximate surface area is 134 Å². The number of nitriles is 1. The molecule has 5 heteroatoms. The summed E-state index contributed by atoms with van der Waals surface area (Å²) in [6.45, 7) is 2.14. The van der Waals surface area contributed by atoms with Gasteiger partial charge in [0.15, 0.2) is 23.3 Å². The molecule has 1 aromatic rings. The van der Waals surface area contributed by atoms with Crippen molar-refractivity contribution in [3.05, 3.63) is 34.4 Å². The first-order valence-corrected chi connectivity index (χ1v) is 8.27. The number of hydrogen-bond acceptors (Lipinski definition) is 1. The molecule has 0 saturated heterocycles. The van der Waals surface area contributed by atoms with Crippen molar-refractivity contribution in [1.82, 2.24) is 0 Å². The second kappa shape index (κ2) is 7.81. The van der Waals surface area contributed by atoms with E-state index in [1.54, 1.807) is 0 Å². The van der Waals surface area contributed by atoms with Crippen molar-refractivity contribution in [3.8, 4) is 6.07 Å². The Morgan fingerprint density at radius 2 is 1.48 bits per heavy atom. The summed E-state index contributed by atoms with van der Waals surface area (Å²) in [7, 11) is 0. The zero-order valence-electron chi connectivity index (χ0n) is 13.3. The molecule has 0 heterocycles. The number of rotatable bonds is 5. The first-order chi connectivity index (χ1) is 11.0. The summed E-state index contributed by atoms with van der Waals surface area (Å²) < 4.78 is 55.6. The summed E-state index contributed by atoms with van der Waals surface area (Å²) in [6.07, 6.45) is 7.25. The van der Waals surface area contributed by atoms with E-state index < -0.39 is 40.3 Å². The van der Waals surface area contributed by atoms with Crippen LogP contribution in [0.25, 0.3) is 0 Å². The van der Waals surface area contributed by atoms with Gasteiger partial charge in [0.25, 0.3) is 0 Å². The zero-order chi connectivity index (χ0) is 17.0. The van der Waals surface area contributed by atoms with Crippen LogP contribution in [-0.2, 0) is 0 Å². The average Bonchev–Trinajstić information content (AvgIpc) is 2.55. The van der Waals surface area contributed by atoms with E-state index in [-0.39, 0.29) is 0 Å². The minimum Gasteiger partial charge on any atom is -0.203 e. The van der Waals surface area contributed by atoms with Gasteiger partial charge in [-0.2, -0.15) is 5.26 Å². The van der Waals surface area contributed by atoms with Crippen LogP contribution < -0.4 is 0 Å².